The second kappa shape index (κ2) is 9.01. The SMILES string of the molecule is C=CC(=O)OCCCC.[SnH2]. The third-order valence-corrected chi connectivity index (χ3v) is 0.909. The number of rotatable bonds is 4. The second-order valence-electron chi connectivity index (χ2n) is 1.73. The summed E-state index contributed by atoms with van der Waals surface area (Å²) in [4.78, 5) is 10.3. The summed E-state index contributed by atoms with van der Waals surface area (Å²) in [5.74, 6) is -0.330. The monoisotopic (exact) mass is 250 g/mol. The maximum absolute atomic E-state index is 10.3. The Morgan fingerprint density at radius 3 is 2.70 bits per heavy atom. The molecular formula is C7H14O2Sn. The minimum absolute atomic E-state index is 0. The topological polar surface area (TPSA) is 26.3 Å². The van der Waals surface area contributed by atoms with E-state index in [-0.39, 0.29) is 29.9 Å². The molecule has 2 radical (unpaired) electrons. The van der Waals surface area contributed by atoms with Crippen LogP contribution < -0.4 is 0 Å². The summed E-state index contributed by atoms with van der Waals surface area (Å²) in [5.41, 5.74) is 0. The van der Waals surface area contributed by atoms with E-state index >= 15 is 0 Å². The van der Waals surface area contributed by atoms with Crippen LogP contribution in [0.15, 0.2) is 12.7 Å². The quantitative estimate of drug-likeness (QED) is 0.315. The van der Waals surface area contributed by atoms with Gasteiger partial charge in [-0.15, -0.1) is 0 Å². The van der Waals surface area contributed by atoms with Crippen LogP contribution in [0.5, 0.6) is 0 Å². The average molecular weight is 249 g/mol. The van der Waals surface area contributed by atoms with E-state index in [2.05, 4.69) is 11.3 Å². The van der Waals surface area contributed by atoms with Gasteiger partial charge in [-0.25, -0.2) is 4.79 Å². The van der Waals surface area contributed by atoms with E-state index < -0.39 is 0 Å². The molecule has 0 aromatic heterocycles. The van der Waals surface area contributed by atoms with Gasteiger partial charge >= 0.3 is 29.9 Å². The zero-order chi connectivity index (χ0) is 7.11. The van der Waals surface area contributed by atoms with Crippen molar-refractivity contribution in [3.63, 3.8) is 0 Å². The fraction of sp³-hybridized carbons (Fsp3) is 0.571. The number of carbonyl (C=O) groups is 1. The third kappa shape index (κ3) is 8.01. The Balaban J connectivity index is 0. The predicted octanol–water partition coefficient (Wildman–Crippen LogP) is 0.599. The fourth-order valence-corrected chi connectivity index (χ4v) is 0.376. The molecule has 0 unspecified atom stereocenters. The van der Waals surface area contributed by atoms with Crippen LogP contribution in [0.2, 0.25) is 0 Å². The molecule has 0 aliphatic carbocycles. The molecule has 0 saturated heterocycles. The van der Waals surface area contributed by atoms with Gasteiger partial charge in [-0.2, -0.15) is 0 Å². The van der Waals surface area contributed by atoms with E-state index in [9.17, 15) is 4.79 Å². The first-order valence-corrected chi connectivity index (χ1v) is 3.10. The van der Waals surface area contributed by atoms with Crippen LogP contribution >= 0.6 is 0 Å². The van der Waals surface area contributed by atoms with E-state index in [1.54, 1.807) is 0 Å². The van der Waals surface area contributed by atoms with Gasteiger partial charge in [0.15, 0.2) is 0 Å². The number of carbonyl (C=O) groups excluding carboxylic acids is 1. The van der Waals surface area contributed by atoms with Gasteiger partial charge in [-0.3, -0.25) is 0 Å². The first kappa shape index (κ1) is 12.7. The summed E-state index contributed by atoms with van der Waals surface area (Å²) in [6.07, 6.45) is 3.15. The summed E-state index contributed by atoms with van der Waals surface area (Å²) >= 11 is 0. The van der Waals surface area contributed by atoms with Crippen LogP contribution in [0.25, 0.3) is 0 Å². The van der Waals surface area contributed by atoms with Gasteiger partial charge in [-0.05, 0) is 6.42 Å². The number of ether oxygens (including phenoxy) is 1. The molecule has 0 aromatic carbocycles. The Morgan fingerprint density at radius 1 is 1.70 bits per heavy atom. The predicted molar refractivity (Wildman–Crippen MR) is 44.6 cm³/mol. The van der Waals surface area contributed by atoms with Crippen molar-refractivity contribution < 1.29 is 9.53 Å². The van der Waals surface area contributed by atoms with Crippen molar-refractivity contribution in [2.45, 2.75) is 19.8 Å². The van der Waals surface area contributed by atoms with Crippen molar-refractivity contribution in [3.05, 3.63) is 12.7 Å². The van der Waals surface area contributed by atoms with E-state index in [1.165, 1.54) is 6.08 Å². The van der Waals surface area contributed by atoms with Crippen LogP contribution in [0.1, 0.15) is 19.8 Å². The van der Waals surface area contributed by atoms with Gasteiger partial charge in [0.2, 0.25) is 0 Å². The normalized spacial score (nSPS) is 7.70. The molecule has 0 N–H and O–H groups in total. The molecule has 0 fully saturated rings. The molecule has 0 bridgehead atoms. The summed E-state index contributed by atoms with van der Waals surface area (Å²) < 4.78 is 4.67. The summed E-state index contributed by atoms with van der Waals surface area (Å²) in [7, 11) is 0. The number of esters is 1. The molecule has 2 nitrogen and oxygen atoms in total. The molecule has 0 rings (SSSR count). The van der Waals surface area contributed by atoms with E-state index in [4.69, 9.17) is 0 Å². The van der Waals surface area contributed by atoms with Crippen molar-refractivity contribution in [1.29, 1.82) is 0 Å². The van der Waals surface area contributed by atoms with Crippen molar-refractivity contribution in [1.82, 2.24) is 0 Å². The molecule has 0 saturated carbocycles. The van der Waals surface area contributed by atoms with Crippen molar-refractivity contribution in [2.24, 2.45) is 0 Å². The van der Waals surface area contributed by atoms with Gasteiger partial charge in [0.05, 0.1) is 6.61 Å². The van der Waals surface area contributed by atoms with E-state index in [0.717, 1.165) is 12.8 Å². The van der Waals surface area contributed by atoms with Crippen molar-refractivity contribution in [3.8, 4) is 0 Å². The van der Waals surface area contributed by atoms with Gasteiger partial charge in [0, 0.05) is 6.08 Å². The van der Waals surface area contributed by atoms with Gasteiger partial charge in [-0.1, -0.05) is 19.9 Å². The van der Waals surface area contributed by atoms with Gasteiger partial charge in [0.25, 0.3) is 0 Å². The maximum atomic E-state index is 10.3. The van der Waals surface area contributed by atoms with Crippen LogP contribution in [0.4, 0.5) is 0 Å². The first-order valence-electron chi connectivity index (χ1n) is 3.10. The summed E-state index contributed by atoms with van der Waals surface area (Å²) in [5, 5.41) is 0. The number of unbranched alkanes of at least 4 members (excludes halogenated alkanes) is 1. The second-order valence-corrected chi connectivity index (χ2v) is 1.73. The molecule has 0 aliphatic rings. The Labute approximate surface area is 78.6 Å². The molecule has 0 heterocycles. The molecular weight excluding hydrogens is 235 g/mol. The molecule has 10 heavy (non-hydrogen) atoms. The summed E-state index contributed by atoms with van der Waals surface area (Å²) in [6.45, 7) is 5.82. The Morgan fingerprint density at radius 2 is 2.30 bits per heavy atom. The van der Waals surface area contributed by atoms with Crippen molar-refractivity contribution >= 4 is 29.9 Å². The zero-order valence-corrected chi connectivity index (χ0v) is 10.5. The Bertz CT molecular complexity index is 102. The molecule has 0 aliphatic heterocycles. The average Bonchev–Trinajstić information content (AvgIpc) is 1.89. The fourth-order valence-electron chi connectivity index (χ4n) is 0.376. The number of hydrogen-bond acceptors (Lipinski definition) is 2. The number of hydrogen-bond donors (Lipinski definition) is 0. The Hall–Kier alpha value is 0.00870. The zero-order valence-electron chi connectivity index (χ0n) is 6.43. The van der Waals surface area contributed by atoms with Crippen molar-refractivity contribution in [2.75, 3.05) is 6.61 Å². The third-order valence-electron chi connectivity index (χ3n) is 0.909. The van der Waals surface area contributed by atoms with E-state index in [1.807, 2.05) is 6.92 Å². The molecule has 0 aromatic rings. The first-order chi connectivity index (χ1) is 4.31. The molecule has 58 valence electrons. The van der Waals surface area contributed by atoms with Crippen LogP contribution in [0.3, 0.4) is 0 Å². The summed E-state index contributed by atoms with van der Waals surface area (Å²) in [6, 6.07) is 0. The molecule has 0 atom stereocenters. The van der Waals surface area contributed by atoms with Crippen LogP contribution in [-0.2, 0) is 9.53 Å². The molecule has 0 amide bonds. The van der Waals surface area contributed by atoms with Gasteiger partial charge in [0.1, 0.15) is 0 Å². The molecule has 0 spiro atoms. The van der Waals surface area contributed by atoms with Crippen LogP contribution in [0, 0.1) is 0 Å². The Kier molecular flexibility index (Phi) is 11.4. The molecule has 3 heteroatoms. The minimum atomic E-state index is -0.330. The van der Waals surface area contributed by atoms with E-state index in [0.29, 0.717) is 6.61 Å². The van der Waals surface area contributed by atoms with Crippen LogP contribution in [-0.4, -0.2) is 36.5 Å². The standard InChI is InChI=1S/C7H12O2.Sn.2H/c1-3-5-6-9-7(8)4-2;;;/h4H,2-3,5-6H2,1H3;;;. The van der Waals surface area contributed by atoms with Gasteiger partial charge < -0.3 is 4.74 Å².